The normalized spacial score (nSPS) is 15.8. The minimum atomic E-state index is -4.36. The minimum Gasteiger partial charge on any atom is -0.484 e. The van der Waals surface area contributed by atoms with Crippen molar-refractivity contribution >= 4 is 0 Å². The summed E-state index contributed by atoms with van der Waals surface area (Å²) < 4.78 is 54.3. The van der Waals surface area contributed by atoms with Gasteiger partial charge in [0.1, 0.15) is 11.6 Å². The molecule has 3 rings (SSSR count). The third-order valence-electron chi connectivity index (χ3n) is 4.44. The summed E-state index contributed by atoms with van der Waals surface area (Å²) in [5, 5.41) is 10.4. The first-order valence-corrected chi connectivity index (χ1v) is 8.76. The first-order chi connectivity index (χ1) is 12.8. The molecule has 1 aliphatic rings. The van der Waals surface area contributed by atoms with Gasteiger partial charge in [0.2, 0.25) is 0 Å². The zero-order valence-corrected chi connectivity index (χ0v) is 14.6. The highest BCUT2D eigenvalue weighted by molar-refractivity contribution is 5.27. The Morgan fingerprint density at radius 1 is 1.04 bits per heavy atom. The average Bonchev–Trinajstić information content (AvgIpc) is 3.45. The smallest absolute Gasteiger partial charge is 0.422 e. The summed E-state index contributed by atoms with van der Waals surface area (Å²) >= 11 is 0. The Hall–Kier alpha value is -2.12. The highest BCUT2D eigenvalue weighted by atomic mass is 19.4. The quantitative estimate of drug-likeness (QED) is 0.683. The molecule has 0 amide bonds. The fraction of sp³-hybridized carbons (Fsp3) is 0.400. The predicted octanol–water partition coefficient (Wildman–Crippen LogP) is 4.46. The van der Waals surface area contributed by atoms with Crippen molar-refractivity contribution in [3.8, 4) is 5.75 Å². The number of hydrogen-bond acceptors (Lipinski definition) is 3. The standard InChI is InChI=1S/C20H21F4NO2/c21-16-5-3-15(4-6-16)19(26)12-25(17-7-8-17)11-14-1-9-18(10-2-14)27-13-20(22,23)24/h1-6,9-10,17,19,26H,7-8,11-13H2. The summed E-state index contributed by atoms with van der Waals surface area (Å²) in [4.78, 5) is 2.14. The number of halogens is 4. The van der Waals surface area contributed by atoms with E-state index < -0.39 is 18.9 Å². The molecule has 0 radical (unpaired) electrons. The molecule has 0 aromatic heterocycles. The Morgan fingerprint density at radius 3 is 2.22 bits per heavy atom. The Labute approximate surface area is 155 Å². The molecule has 1 unspecified atom stereocenters. The summed E-state index contributed by atoms with van der Waals surface area (Å²) in [5.74, 6) is -0.182. The number of ether oxygens (including phenoxy) is 1. The van der Waals surface area contributed by atoms with Crippen molar-refractivity contribution in [2.45, 2.75) is 37.7 Å². The summed E-state index contributed by atoms with van der Waals surface area (Å²) in [6, 6.07) is 12.6. The van der Waals surface area contributed by atoms with Crippen LogP contribution >= 0.6 is 0 Å². The van der Waals surface area contributed by atoms with E-state index in [9.17, 15) is 22.7 Å². The van der Waals surface area contributed by atoms with Crippen LogP contribution in [0.25, 0.3) is 0 Å². The number of benzene rings is 2. The van der Waals surface area contributed by atoms with Gasteiger partial charge in [-0.15, -0.1) is 0 Å². The third kappa shape index (κ3) is 6.22. The largest absolute Gasteiger partial charge is 0.484 e. The second-order valence-corrected chi connectivity index (χ2v) is 6.78. The molecule has 2 aromatic rings. The molecule has 0 aliphatic heterocycles. The van der Waals surface area contributed by atoms with Gasteiger partial charge in [0.05, 0.1) is 6.10 Å². The lowest BCUT2D eigenvalue weighted by Crippen LogP contribution is -2.30. The highest BCUT2D eigenvalue weighted by Gasteiger charge is 2.31. The predicted molar refractivity (Wildman–Crippen MR) is 92.8 cm³/mol. The van der Waals surface area contributed by atoms with Crippen LogP contribution in [0.5, 0.6) is 5.75 Å². The van der Waals surface area contributed by atoms with Crippen molar-refractivity contribution in [2.75, 3.05) is 13.2 Å². The minimum absolute atomic E-state index is 0.167. The SMILES string of the molecule is OC(CN(Cc1ccc(OCC(F)(F)F)cc1)C1CC1)c1ccc(F)cc1. The molecular weight excluding hydrogens is 362 g/mol. The van der Waals surface area contributed by atoms with Gasteiger partial charge in [-0.2, -0.15) is 13.2 Å². The van der Waals surface area contributed by atoms with Gasteiger partial charge < -0.3 is 9.84 Å². The van der Waals surface area contributed by atoms with Gasteiger partial charge in [-0.25, -0.2) is 4.39 Å². The monoisotopic (exact) mass is 383 g/mol. The van der Waals surface area contributed by atoms with Crippen molar-refractivity contribution in [3.05, 3.63) is 65.5 Å². The van der Waals surface area contributed by atoms with Crippen LogP contribution in [0, 0.1) is 5.82 Å². The van der Waals surface area contributed by atoms with Crippen LogP contribution in [0.1, 0.15) is 30.1 Å². The molecule has 146 valence electrons. The molecule has 1 atom stereocenters. The second kappa shape index (κ2) is 8.27. The van der Waals surface area contributed by atoms with Gasteiger partial charge in [0, 0.05) is 19.1 Å². The van der Waals surface area contributed by atoms with Crippen LogP contribution < -0.4 is 4.74 Å². The molecule has 0 bridgehead atoms. The zero-order chi connectivity index (χ0) is 19.4. The second-order valence-electron chi connectivity index (χ2n) is 6.78. The van der Waals surface area contributed by atoms with E-state index in [2.05, 4.69) is 4.90 Å². The fourth-order valence-corrected chi connectivity index (χ4v) is 2.89. The van der Waals surface area contributed by atoms with Gasteiger partial charge in [-0.3, -0.25) is 4.90 Å². The molecule has 0 heterocycles. The maximum atomic E-state index is 13.0. The van der Waals surface area contributed by atoms with E-state index in [0.717, 1.165) is 18.4 Å². The lowest BCUT2D eigenvalue weighted by atomic mass is 10.1. The van der Waals surface area contributed by atoms with E-state index in [1.807, 2.05) is 0 Å². The molecule has 7 heteroatoms. The van der Waals surface area contributed by atoms with Gasteiger partial charge >= 0.3 is 6.18 Å². The number of rotatable bonds is 8. The fourth-order valence-electron chi connectivity index (χ4n) is 2.89. The van der Waals surface area contributed by atoms with E-state index in [1.165, 1.54) is 24.3 Å². The number of aliphatic hydroxyl groups excluding tert-OH is 1. The lowest BCUT2D eigenvalue weighted by Gasteiger charge is -2.25. The van der Waals surface area contributed by atoms with Crippen molar-refractivity contribution < 1.29 is 27.4 Å². The molecule has 1 N–H and O–H groups in total. The average molecular weight is 383 g/mol. The Morgan fingerprint density at radius 2 is 1.67 bits per heavy atom. The van der Waals surface area contributed by atoms with Gasteiger partial charge in [0.25, 0.3) is 0 Å². The van der Waals surface area contributed by atoms with Crippen LogP contribution in [-0.2, 0) is 6.54 Å². The summed E-state index contributed by atoms with van der Waals surface area (Å²) in [5.41, 5.74) is 1.57. The Balaban J connectivity index is 1.58. The van der Waals surface area contributed by atoms with Crippen molar-refractivity contribution in [3.63, 3.8) is 0 Å². The maximum absolute atomic E-state index is 13.0. The first-order valence-electron chi connectivity index (χ1n) is 8.76. The summed E-state index contributed by atoms with van der Waals surface area (Å²) in [6.45, 7) is -0.338. The van der Waals surface area contributed by atoms with Crippen molar-refractivity contribution in [2.24, 2.45) is 0 Å². The third-order valence-corrected chi connectivity index (χ3v) is 4.44. The zero-order valence-electron chi connectivity index (χ0n) is 14.6. The maximum Gasteiger partial charge on any atom is 0.422 e. The van der Waals surface area contributed by atoms with Gasteiger partial charge in [0.15, 0.2) is 6.61 Å². The van der Waals surface area contributed by atoms with Crippen LogP contribution in [0.3, 0.4) is 0 Å². The van der Waals surface area contributed by atoms with Crippen LogP contribution in [0.4, 0.5) is 17.6 Å². The van der Waals surface area contributed by atoms with Crippen molar-refractivity contribution in [1.29, 1.82) is 0 Å². The van der Waals surface area contributed by atoms with Crippen LogP contribution in [-0.4, -0.2) is 35.4 Å². The Kier molecular flexibility index (Phi) is 6.01. The van der Waals surface area contributed by atoms with E-state index in [0.29, 0.717) is 24.7 Å². The van der Waals surface area contributed by atoms with Gasteiger partial charge in [-0.1, -0.05) is 24.3 Å². The molecular formula is C20H21F4NO2. The lowest BCUT2D eigenvalue weighted by molar-refractivity contribution is -0.153. The van der Waals surface area contributed by atoms with E-state index in [4.69, 9.17) is 4.74 Å². The summed E-state index contributed by atoms with van der Waals surface area (Å²) in [6.07, 6.45) is -3.01. The molecule has 1 fully saturated rings. The summed E-state index contributed by atoms with van der Waals surface area (Å²) in [7, 11) is 0. The number of hydrogen-bond donors (Lipinski definition) is 1. The molecule has 1 saturated carbocycles. The molecule has 0 spiro atoms. The van der Waals surface area contributed by atoms with E-state index >= 15 is 0 Å². The topological polar surface area (TPSA) is 32.7 Å². The molecule has 1 aliphatic carbocycles. The Bertz CT molecular complexity index is 727. The number of alkyl halides is 3. The van der Waals surface area contributed by atoms with Crippen LogP contribution in [0.15, 0.2) is 48.5 Å². The number of nitrogens with zero attached hydrogens (tertiary/aromatic N) is 1. The molecule has 27 heavy (non-hydrogen) atoms. The van der Waals surface area contributed by atoms with Crippen molar-refractivity contribution in [1.82, 2.24) is 4.90 Å². The number of aliphatic hydroxyl groups is 1. The first kappa shape index (κ1) is 19.6. The highest BCUT2D eigenvalue weighted by Crippen LogP contribution is 2.30. The molecule has 2 aromatic carbocycles. The molecule has 3 nitrogen and oxygen atoms in total. The van der Waals surface area contributed by atoms with E-state index in [-0.39, 0.29) is 11.6 Å². The van der Waals surface area contributed by atoms with Crippen LogP contribution in [0.2, 0.25) is 0 Å². The molecule has 0 saturated heterocycles. The van der Waals surface area contributed by atoms with Gasteiger partial charge in [-0.05, 0) is 48.2 Å². The van der Waals surface area contributed by atoms with E-state index in [1.54, 1.807) is 24.3 Å².